The fourth-order valence-corrected chi connectivity index (χ4v) is 4.24. The molecule has 5 rings (SSSR count). The number of aryl methyl sites for hydroxylation is 1. The van der Waals surface area contributed by atoms with Crippen LogP contribution in [0, 0.1) is 0 Å². The molecule has 0 saturated heterocycles. The third kappa shape index (κ3) is 4.55. The van der Waals surface area contributed by atoms with Crippen LogP contribution in [-0.4, -0.2) is 51.2 Å². The van der Waals surface area contributed by atoms with Crippen molar-refractivity contribution in [1.82, 2.24) is 24.4 Å². The summed E-state index contributed by atoms with van der Waals surface area (Å²) >= 11 is 0. The Morgan fingerprint density at radius 1 is 1.11 bits per heavy atom. The molecule has 1 amide bonds. The summed E-state index contributed by atoms with van der Waals surface area (Å²) in [6, 6.07) is 20.2. The molecular formula is C27H28N6O2. The Balaban J connectivity index is 1.30. The maximum absolute atomic E-state index is 12.5. The molecule has 8 heteroatoms. The van der Waals surface area contributed by atoms with Gasteiger partial charge in [0.25, 0.3) is 0 Å². The fourth-order valence-electron chi connectivity index (χ4n) is 4.24. The van der Waals surface area contributed by atoms with E-state index in [4.69, 9.17) is 9.72 Å². The zero-order valence-electron chi connectivity index (χ0n) is 20.1. The maximum Gasteiger partial charge on any atom is 0.409 e. The summed E-state index contributed by atoms with van der Waals surface area (Å²) < 4.78 is 7.57. The van der Waals surface area contributed by atoms with Crippen molar-refractivity contribution in [2.75, 3.05) is 26.0 Å². The average molecular weight is 469 g/mol. The predicted molar refractivity (Wildman–Crippen MR) is 138 cm³/mol. The van der Waals surface area contributed by atoms with Crippen LogP contribution in [0.5, 0.6) is 0 Å². The van der Waals surface area contributed by atoms with E-state index in [1.165, 1.54) is 5.56 Å². The van der Waals surface area contributed by atoms with E-state index in [0.29, 0.717) is 6.54 Å². The number of carbonyl (C=O) groups excluding carboxylic acids is 1. The molecule has 2 N–H and O–H groups in total. The molecule has 0 fully saturated rings. The van der Waals surface area contributed by atoms with Gasteiger partial charge in [0, 0.05) is 38.8 Å². The highest BCUT2D eigenvalue weighted by Gasteiger charge is 2.16. The van der Waals surface area contributed by atoms with Gasteiger partial charge in [-0.2, -0.15) is 0 Å². The van der Waals surface area contributed by atoms with Gasteiger partial charge in [-0.25, -0.2) is 14.8 Å². The van der Waals surface area contributed by atoms with Gasteiger partial charge in [-0.15, -0.1) is 0 Å². The SMILES string of the molecule is CNc1nc2[nH]c(-c3cccc(COC(=O)N(C)CCc4ccccc4)c3)cc2c2c1ncn2C. The Labute approximate surface area is 203 Å². The zero-order valence-corrected chi connectivity index (χ0v) is 20.1. The molecule has 0 saturated carbocycles. The van der Waals surface area contributed by atoms with Gasteiger partial charge in [-0.3, -0.25) is 0 Å². The Morgan fingerprint density at radius 2 is 1.91 bits per heavy atom. The Morgan fingerprint density at radius 3 is 2.71 bits per heavy atom. The molecule has 0 atom stereocenters. The number of pyridine rings is 1. The van der Waals surface area contributed by atoms with Crippen LogP contribution in [0.1, 0.15) is 11.1 Å². The first kappa shape index (κ1) is 22.5. The van der Waals surface area contributed by atoms with Crippen LogP contribution >= 0.6 is 0 Å². The van der Waals surface area contributed by atoms with Gasteiger partial charge in [0.1, 0.15) is 17.8 Å². The van der Waals surface area contributed by atoms with E-state index in [2.05, 4.69) is 33.5 Å². The van der Waals surface area contributed by atoms with Crippen molar-refractivity contribution in [2.24, 2.45) is 7.05 Å². The van der Waals surface area contributed by atoms with Crippen molar-refractivity contribution < 1.29 is 9.53 Å². The van der Waals surface area contributed by atoms with E-state index in [1.54, 1.807) is 18.3 Å². The zero-order chi connectivity index (χ0) is 24.4. The molecule has 0 spiro atoms. The number of ether oxygens (including phenoxy) is 1. The van der Waals surface area contributed by atoms with Crippen molar-refractivity contribution in [2.45, 2.75) is 13.0 Å². The van der Waals surface area contributed by atoms with Gasteiger partial charge in [0.2, 0.25) is 0 Å². The highest BCUT2D eigenvalue weighted by atomic mass is 16.6. The average Bonchev–Trinajstić information content (AvgIpc) is 3.49. The lowest BCUT2D eigenvalue weighted by molar-refractivity contribution is 0.105. The van der Waals surface area contributed by atoms with E-state index >= 15 is 0 Å². The van der Waals surface area contributed by atoms with Gasteiger partial charge < -0.3 is 24.5 Å². The Bertz CT molecular complexity index is 1490. The summed E-state index contributed by atoms with van der Waals surface area (Å²) in [5, 5.41) is 4.13. The summed E-state index contributed by atoms with van der Waals surface area (Å²) in [6.07, 6.45) is 2.25. The monoisotopic (exact) mass is 468 g/mol. The molecule has 0 aliphatic rings. The number of H-pyrrole nitrogens is 1. The van der Waals surface area contributed by atoms with Crippen LogP contribution in [0.3, 0.4) is 0 Å². The van der Waals surface area contributed by atoms with Crippen LogP contribution in [-0.2, 0) is 24.8 Å². The van der Waals surface area contributed by atoms with Gasteiger partial charge >= 0.3 is 6.09 Å². The van der Waals surface area contributed by atoms with Crippen molar-refractivity contribution >= 4 is 34.0 Å². The second-order valence-electron chi connectivity index (χ2n) is 8.62. The minimum Gasteiger partial charge on any atom is -0.445 e. The number of fused-ring (bicyclic) bond motifs is 3. The minimum atomic E-state index is -0.334. The molecule has 8 nitrogen and oxygen atoms in total. The number of rotatable bonds is 7. The highest BCUT2D eigenvalue weighted by molar-refractivity contribution is 6.07. The molecule has 178 valence electrons. The van der Waals surface area contributed by atoms with Crippen molar-refractivity contribution in [1.29, 1.82) is 0 Å². The summed E-state index contributed by atoms with van der Waals surface area (Å²) in [4.78, 5) is 26.7. The quantitative estimate of drug-likeness (QED) is 0.352. The number of carbonyl (C=O) groups is 1. The number of likely N-dealkylation sites (N-methyl/N-ethyl adjacent to an activating group) is 1. The van der Waals surface area contributed by atoms with Crippen LogP contribution in [0.2, 0.25) is 0 Å². The van der Waals surface area contributed by atoms with Crippen LogP contribution < -0.4 is 5.32 Å². The number of nitrogens with zero attached hydrogens (tertiary/aromatic N) is 4. The van der Waals surface area contributed by atoms with E-state index < -0.39 is 0 Å². The highest BCUT2D eigenvalue weighted by Crippen LogP contribution is 2.31. The number of anilines is 1. The van der Waals surface area contributed by atoms with E-state index in [-0.39, 0.29) is 12.7 Å². The lowest BCUT2D eigenvalue weighted by atomic mass is 10.1. The number of aromatic amines is 1. The number of hydrogen-bond donors (Lipinski definition) is 2. The van der Waals surface area contributed by atoms with E-state index in [1.807, 2.05) is 61.1 Å². The number of aromatic nitrogens is 4. The van der Waals surface area contributed by atoms with Crippen LogP contribution in [0.25, 0.3) is 33.3 Å². The second kappa shape index (κ2) is 9.50. The number of benzene rings is 2. The molecule has 3 aromatic heterocycles. The van der Waals surface area contributed by atoms with Crippen LogP contribution in [0.4, 0.5) is 10.6 Å². The number of imidazole rings is 1. The van der Waals surface area contributed by atoms with Crippen LogP contribution in [0.15, 0.2) is 67.0 Å². The van der Waals surface area contributed by atoms with Gasteiger partial charge in [-0.05, 0) is 35.2 Å². The molecule has 35 heavy (non-hydrogen) atoms. The number of nitrogens with one attached hydrogen (secondary N) is 2. The lowest BCUT2D eigenvalue weighted by Gasteiger charge is -2.17. The number of hydrogen-bond acceptors (Lipinski definition) is 5. The van der Waals surface area contributed by atoms with Gasteiger partial charge in [0.15, 0.2) is 5.82 Å². The normalized spacial score (nSPS) is 11.2. The first-order valence-corrected chi connectivity index (χ1v) is 11.6. The van der Waals surface area contributed by atoms with Gasteiger partial charge in [-0.1, -0.05) is 48.5 Å². The minimum absolute atomic E-state index is 0.205. The van der Waals surface area contributed by atoms with E-state index in [0.717, 1.165) is 51.1 Å². The summed E-state index contributed by atoms with van der Waals surface area (Å²) in [6.45, 7) is 0.804. The molecule has 3 heterocycles. The first-order valence-electron chi connectivity index (χ1n) is 11.6. The van der Waals surface area contributed by atoms with Crippen molar-refractivity contribution in [3.8, 4) is 11.3 Å². The maximum atomic E-state index is 12.5. The smallest absolute Gasteiger partial charge is 0.409 e. The molecule has 2 aromatic carbocycles. The topological polar surface area (TPSA) is 88.1 Å². The lowest BCUT2D eigenvalue weighted by Crippen LogP contribution is -2.29. The van der Waals surface area contributed by atoms with E-state index in [9.17, 15) is 4.79 Å². The molecule has 0 bridgehead atoms. The molecule has 5 aromatic rings. The summed E-state index contributed by atoms with van der Waals surface area (Å²) in [7, 11) is 5.58. The largest absolute Gasteiger partial charge is 0.445 e. The summed E-state index contributed by atoms with van der Waals surface area (Å²) in [5.74, 6) is 0.735. The standard InChI is InChI=1S/C27H28N6O2/c1-28-26-23-24(33(3)17-29-23)21-15-22(30-25(21)31-26)20-11-7-10-19(14-20)16-35-27(34)32(2)13-12-18-8-5-4-6-9-18/h4-11,14-15,17H,12-13,16H2,1-3H3,(H2,28,30,31). The first-order chi connectivity index (χ1) is 17.0. The van der Waals surface area contributed by atoms with Crippen molar-refractivity contribution in [3.63, 3.8) is 0 Å². The molecule has 0 radical (unpaired) electrons. The molecular weight excluding hydrogens is 440 g/mol. The predicted octanol–water partition coefficient (Wildman–Crippen LogP) is 4.97. The molecule has 0 unspecified atom stereocenters. The van der Waals surface area contributed by atoms with Crippen molar-refractivity contribution in [3.05, 3.63) is 78.1 Å². The number of amides is 1. The Hall–Kier alpha value is -4.33. The molecule has 0 aliphatic heterocycles. The Kier molecular flexibility index (Phi) is 6.10. The van der Waals surface area contributed by atoms with Gasteiger partial charge in [0.05, 0.1) is 11.8 Å². The fraction of sp³-hybridized carbons (Fsp3) is 0.222. The second-order valence-corrected chi connectivity index (χ2v) is 8.62. The molecule has 0 aliphatic carbocycles. The third-order valence-electron chi connectivity index (χ3n) is 6.16. The third-order valence-corrected chi connectivity index (χ3v) is 6.16. The summed E-state index contributed by atoms with van der Waals surface area (Å²) in [5.41, 5.74) is 6.69.